The molecule has 1 unspecified atom stereocenters. The molecular formula is C21H20ClF2N3O4. The summed E-state index contributed by atoms with van der Waals surface area (Å²) in [4.78, 5) is 39.7. The molecule has 3 rings (SSSR count). The number of carbonyl (C=O) groups excluding carboxylic acids is 3. The number of benzene rings is 2. The predicted octanol–water partition coefficient (Wildman–Crippen LogP) is 3.08. The standard InChI is InChI=1S/C21H20ClF2N3O4/c1-26(11-19(28)25-16-8-13(22)3-6-18(16)31-2)21(30)12-7-20(29)27(10-12)17-5-4-14(23)9-15(17)24/h3-6,8-9,12H,7,10-11H2,1-2H3,(H,25,28). The van der Waals surface area contributed by atoms with Crippen LogP contribution in [0.15, 0.2) is 36.4 Å². The van der Waals surface area contributed by atoms with Crippen molar-refractivity contribution >= 4 is 40.7 Å². The van der Waals surface area contributed by atoms with Crippen molar-refractivity contribution in [1.29, 1.82) is 0 Å². The van der Waals surface area contributed by atoms with Gasteiger partial charge in [-0.1, -0.05) is 11.6 Å². The lowest BCUT2D eigenvalue weighted by atomic mass is 10.1. The van der Waals surface area contributed by atoms with Crippen LogP contribution in [0.1, 0.15) is 6.42 Å². The summed E-state index contributed by atoms with van der Waals surface area (Å²) >= 11 is 5.94. The van der Waals surface area contributed by atoms with Crippen LogP contribution in [0.2, 0.25) is 5.02 Å². The van der Waals surface area contributed by atoms with Crippen LogP contribution in [-0.4, -0.2) is 49.9 Å². The minimum absolute atomic E-state index is 0.0612. The number of nitrogens with one attached hydrogen (secondary N) is 1. The van der Waals surface area contributed by atoms with E-state index in [1.807, 2.05) is 0 Å². The molecule has 0 bridgehead atoms. The zero-order chi connectivity index (χ0) is 22.7. The van der Waals surface area contributed by atoms with E-state index in [0.29, 0.717) is 22.5 Å². The number of methoxy groups -OCH3 is 1. The molecule has 0 aliphatic carbocycles. The van der Waals surface area contributed by atoms with Crippen molar-refractivity contribution in [2.75, 3.05) is 37.5 Å². The van der Waals surface area contributed by atoms with Gasteiger partial charge in [0, 0.05) is 31.1 Å². The third-order valence-corrected chi connectivity index (χ3v) is 5.10. The SMILES string of the molecule is COc1ccc(Cl)cc1NC(=O)CN(C)C(=O)C1CC(=O)N(c2ccc(F)cc2F)C1. The number of hydrogen-bond donors (Lipinski definition) is 1. The van der Waals surface area contributed by atoms with Crippen LogP contribution in [0, 0.1) is 17.6 Å². The Morgan fingerprint density at radius 2 is 2.00 bits per heavy atom. The maximum absolute atomic E-state index is 14.0. The number of halogens is 3. The lowest BCUT2D eigenvalue weighted by Crippen LogP contribution is -2.39. The summed E-state index contributed by atoms with van der Waals surface area (Å²) in [5, 5.41) is 3.03. The fourth-order valence-electron chi connectivity index (χ4n) is 3.38. The van der Waals surface area contributed by atoms with E-state index in [9.17, 15) is 23.2 Å². The Labute approximate surface area is 182 Å². The predicted molar refractivity (Wildman–Crippen MR) is 111 cm³/mol. The van der Waals surface area contributed by atoms with Gasteiger partial charge in [-0.2, -0.15) is 0 Å². The third kappa shape index (κ3) is 5.11. The Balaban J connectivity index is 1.63. The quantitative estimate of drug-likeness (QED) is 0.732. The number of ether oxygens (including phenoxy) is 1. The van der Waals surface area contributed by atoms with Crippen LogP contribution in [0.4, 0.5) is 20.2 Å². The van der Waals surface area contributed by atoms with Gasteiger partial charge in [-0.05, 0) is 30.3 Å². The Hall–Kier alpha value is -3.20. The minimum Gasteiger partial charge on any atom is -0.495 e. The highest BCUT2D eigenvalue weighted by Gasteiger charge is 2.37. The molecule has 0 spiro atoms. The monoisotopic (exact) mass is 451 g/mol. The van der Waals surface area contributed by atoms with Crippen LogP contribution in [-0.2, 0) is 14.4 Å². The van der Waals surface area contributed by atoms with E-state index in [1.165, 1.54) is 25.1 Å². The first kappa shape index (κ1) is 22.5. The topological polar surface area (TPSA) is 79.0 Å². The van der Waals surface area contributed by atoms with Crippen LogP contribution in [0.3, 0.4) is 0 Å². The molecule has 31 heavy (non-hydrogen) atoms. The molecule has 1 heterocycles. The van der Waals surface area contributed by atoms with Crippen LogP contribution < -0.4 is 15.0 Å². The number of carbonyl (C=O) groups is 3. The van der Waals surface area contributed by atoms with Gasteiger partial charge in [-0.25, -0.2) is 8.78 Å². The highest BCUT2D eigenvalue weighted by molar-refractivity contribution is 6.31. The fourth-order valence-corrected chi connectivity index (χ4v) is 3.55. The highest BCUT2D eigenvalue weighted by Crippen LogP contribution is 2.29. The van der Waals surface area contributed by atoms with Gasteiger partial charge in [0.2, 0.25) is 17.7 Å². The Bertz CT molecular complexity index is 1030. The number of amides is 3. The average molecular weight is 452 g/mol. The summed E-state index contributed by atoms with van der Waals surface area (Å²) < 4.78 is 32.3. The van der Waals surface area contributed by atoms with Gasteiger partial charge in [-0.3, -0.25) is 14.4 Å². The van der Waals surface area contributed by atoms with Gasteiger partial charge in [-0.15, -0.1) is 0 Å². The summed E-state index contributed by atoms with van der Waals surface area (Å²) in [5.74, 6) is -3.37. The van der Waals surface area contributed by atoms with Crippen molar-refractivity contribution < 1.29 is 27.9 Å². The van der Waals surface area contributed by atoms with E-state index in [0.717, 1.165) is 17.0 Å². The lowest BCUT2D eigenvalue weighted by Gasteiger charge is -2.21. The van der Waals surface area contributed by atoms with E-state index < -0.39 is 35.3 Å². The lowest BCUT2D eigenvalue weighted by molar-refractivity contribution is -0.137. The van der Waals surface area contributed by atoms with E-state index >= 15 is 0 Å². The minimum atomic E-state index is -0.885. The molecule has 2 aromatic carbocycles. The molecule has 1 aliphatic rings. The molecule has 10 heteroatoms. The average Bonchev–Trinajstić information content (AvgIpc) is 3.08. The zero-order valence-electron chi connectivity index (χ0n) is 16.8. The summed E-state index contributed by atoms with van der Waals surface area (Å²) in [7, 11) is 2.88. The van der Waals surface area contributed by atoms with Crippen molar-refractivity contribution in [3.05, 3.63) is 53.1 Å². The normalized spacial score (nSPS) is 15.7. The maximum Gasteiger partial charge on any atom is 0.244 e. The number of likely N-dealkylation sites (N-methyl/N-ethyl adjacent to an activating group) is 1. The molecule has 164 valence electrons. The van der Waals surface area contributed by atoms with Crippen LogP contribution in [0.5, 0.6) is 5.75 Å². The summed E-state index contributed by atoms with van der Waals surface area (Å²) in [6.07, 6.45) is -0.135. The Morgan fingerprint density at radius 1 is 1.26 bits per heavy atom. The second-order valence-corrected chi connectivity index (χ2v) is 7.52. The number of nitrogens with zero attached hydrogens (tertiary/aromatic N) is 2. The number of rotatable bonds is 6. The van der Waals surface area contributed by atoms with Crippen molar-refractivity contribution in [3.63, 3.8) is 0 Å². The molecule has 1 atom stereocenters. The van der Waals surface area contributed by atoms with E-state index in [1.54, 1.807) is 12.1 Å². The van der Waals surface area contributed by atoms with Gasteiger partial charge in [0.25, 0.3) is 0 Å². The van der Waals surface area contributed by atoms with Crippen molar-refractivity contribution in [2.24, 2.45) is 5.92 Å². The first-order chi connectivity index (χ1) is 14.7. The molecule has 1 N–H and O–H groups in total. The van der Waals surface area contributed by atoms with Gasteiger partial charge in [0.1, 0.15) is 17.4 Å². The van der Waals surface area contributed by atoms with E-state index in [4.69, 9.17) is 16.3 Å². The molecule has 3 amide bonds. The van der Waals surface area contributed by atoms with Gasteiger partial charge < -0.3 is 19.9 Å². The second kappa shape index (κ2) is 9.30. The second-order valence-electron chi connectivity index (χ2n) is 7.09. The van der Waals surface area contributed by atoms with Crippen molar-refractivity contribution in [3.8, 4) is 5.75 Å². The van der Waals surface area contributed by atoms with E-state index in [2.05, 4.69) is 5.32 Å². The third-order valence-electron chi connectivity index (χ3n) is 4.87. The molecule has 0 saturated carbocycles. The van der Waals surface area contributed by atoms with E-state index in [-0.39, 0.29) is 25.2 Å². The molecule has 1 fully saturated rings. The van der Waals surface area contributed by atoms with Crippen molar-refractivity contribution in [1.82, 2.24) is 4.90 Å². The Morgan fingerprint density at radius 3 is 2.68 bits per heavy atom. The number of anilines is 2. The van der Waals surface area contributed by atoms with Crippen molar-refractivity contribution in [2.45, 2.75) is 6.42 Å². The molecule has 7 nitrogen and oxygen atoms in total. The largest absolute Gasteiger partial charge is 0.495 e. The highest BCUT2D eigenvalue weighted by atomic mass is 35.5. The maximum atomic E-state index is 14.0. The first-order valence-corrected chi connectivity index (χ1v) is 9.71. The molecule has 2 aromatic rings. The fraction of sp³-hybridized carbons (Fsp3) is 0.286. The molecule has 0 radical (unpaired) electrons. The number of hydrogen-bond acceptors (Lipinski definition) is 4. The first-order valence-electron chi connectivity index (χ1n) is 9.33. The van der Waals surface area contributed by atoms with Gasteiger partial charge >= 0.3 is 0 Å². The molecule has 1 aliphatic heterocycles. The van der Waals surface area contributed by atoms with Gasteiger partial charge in [0.15, 0.2) is 0 Å². The summed E-state index contributed by atoms with van der Waals surface area (Å²) in [5.41, 5.74) is 0.269. The smallest absolute Gasteiger partial charge is 0.244 e. The summed E-state index contributed by atoms with van der Waals surface area (Å²) in [6.45, 7) is -0.335. The molecule has 1 saturated heterocycles. The Kier molecular flexibility index (Phi) is 6.74. The van der Waals surface area contributed by atoms with Crippen LogP contribution in [0.25, 0.3) is 0 Å². The molecular weight excluding hydrogens is 432 g/mol. The van der Waals surface area contributed by atoms with Gasteiger partial charge in [0.05, 0.1) is 30.9 Å². The molecule has 0 aromatic heterocycles. The van der Waals surface area contributed by atoms with Crippen LogP contribution >= 0.6 is 11.6 Å². The summed E-state index contributed by atoms with van der Waals surface area (Å²) in [6, 6.07) is 7.61. The zero-order valence-corrected chi connectivity index (χ0v) is 17.6.